The monoisotopic (exact) mass is 540 g/mol. The number of allylic oxidation sites excluding steroid dienone is 1. The number of benzene rings is 3. The van der Waals surface area contributed by atoms with E-state index < -0.39 is 12.0 Å². The highest BCUT2D eigenvalue weighted by Gasteiger charge is 2.41. The molecular formula is C33H33FN2O4. The SMILES string of the molecule is CCCCCC(=O)N1c2ccccc2NC2=C(C(=O)C[C@@H](c3ccc(F)cc3)C2)[C@@H]1c1ccc(C(=O)OC)cc1. The van der Waals surface area contributed by atoms with Crippen molar-refractivity contribution in [3.63, 3.8) is 0 Å². The number of ether oxygens (including phenoxy) is 1. The number of para-hydroxylation sites is 2. The van der Waals surface area contributed by atoms with Crippen molar-refractivity contribution in [3.05, 3.63) is 107 Å². The standard InChI is InChI=1S/C33H33FN2O4/c1-3-4-5-10-30(38)36-28-9-7-6-8-26(28)35-27-19-24(21-15-17-25(34)18-16-21)20-29(37)31(27)32(36)22-11-13-23(14-12-22)33(39)40-2/h6-9,11-18,24,32,35H,3-5,10,19-20H2,1-2H3/t24-,32-/m0/s1. The quantitative estimate of drug-likeness (QED) is 0.256. The lowest BCUT2D eigenvalue weighted by atomic mass is 9.78. The number of carbonyl (C=O) groups excluding carboxylic acids is 3. The van der Waals surface area contributed by atoms with Crippen molar-refractivity contribution in [2.75, 3.05) is 17.3 Å². The molecule has 1 aliphatic carbocycles. The van der Waals surface area contributed by atoms with Crippen LogP contribution in [-0.2, 0) is 14.3 Å². The summed E-state index contributed by atoms with van der Waals surface area (Å²) in [6.07, 6.45) is 3.81. The molecule has 2 aliphatic rings. The minimum Gasteiger partial charge on any atom is -0.465 e. The van der Waals surface area contributed by atoms with Gasteiger partial charge in [0.2, 0.25) is 5.91 Å². The number of ketones is 1. The first-order valence-corrected chi connectivity index (χ1v) is 13.8. The maximum Gasteiger partial charge on any atom is 0.337 e. The number of fused-ring (bicyclic) bond motifs is 1. The number of carbonyl (C=O) groups is 3. The Hall–Kier alpha value is -4.26. The molecule has 1 heterocycles. The van der Waals surface area contributed by atoms with E-state index in [0.717, 1.165) is 41.8 Å². The van der Waals surface area contributed by atoms with Crippen molar-refractivity contribution in [1.82, 2.24) is 0 Å². The van der Waals surface area contributed by atoms with Crippen molar-refractivity contribution >= 4 is 29.0 Å². The molecule has 0 saturated carbocycles. The summed E-state index contributed by atoms with van der Waals surface area (Å²) in [4.78, 5) is 41.9. The minimum absolute atomic E-state index is 0.0630. The fourth-order valence-corrected chi connectivity index (χ4v) is 5.72. The van der Waals surface area contributed by atoms with Gasteiger partial charge < -0.3 is 10.1 Å². The first-order valence-electron chi connectivity index (χ1n) is 13.8. The van der Waals surface area contributed by atoms with Crippen LogP contribution in [0.5, 0.6) is 0 Å². The Kier molecular flexibility index (Phi) is 8.10. The second-order valence-electron chi connectivity index (χ2n) is 10.4. The maximum absolute atomic E-state index is 14.0. The van der Waals surface area contributed by atoms with Gasteiger partial charge in [-0.15, -0.1) is 0 Å². The molecule has 2 atom stereocenters. The first-order chi connectivity index (χ1) is 19.4. The zero-order valence-corrected chi connectivity index (χ0v) is 22.8. The zero-order chi connectivity index (χ0) is 28.2. The second kappa shape index (κ2) is 11.9. The lowest BCUT2D eigenvalue weighted by Crippen LogP contribution is -2.38. The van der Waals surface area contributed by atoms with E-state index in [-0.39, 0.29) is 29.8 Å². The average Bonchev–Trinajstić information content (AvgIpc) is 3.12. The highest BCUT2D eigenvalue weighted by Crippen LogP contribution is 2.47. The molecule has 0 fully saturated rings. The number of esters is 1. The summed E-state index contributed by atoms with van der Waals surface area (Å²) in [5.74, 6) is -1.03. The van der Waals surface area contributed by atoms with Crippen LogP contribution in [0.2, 0.25) is 0 Å². The summed E-state index contributed by atoms with van der Waals surface area (Å²) in [5.41, 5.74) is 4.77. The average molecular weight is 541 g/mol. The largest absolute Gasteiger partial charge is 0.465 e. The Morgan fingerprint density at radius 3 is 2.35 bits per heavy atom. The molecule has 1 amide bonds. The molecule has 7 heteroatoms. The maximum atomic E-state index is 14.0. The molecule has 206 valence electrons. The van der Waals surface area contributed by atoms with Crippen LogP contribution in [0.4, 0.5) is 15.8 Å². The summed E-state index contributed by atoms with van der Waals surface area (Å²) < 4.78 is 18.5. The molecule has 0 saturated heterocycles. The molecule has 0 radical (unpaired) electrons. The molecule has 6 nitrogen and oxygen atoms in total. The minimum atomic E-state index is -0.673. The van der Waals surface area contributed by atoms with E-state index in [9.17, 15) is 18.8 Å². The summed E-state index contributed by atoms with van der Waals surface area (Å²) in [6.45, 7) is 2.09. The number of halogens is 1. The third-order valence-electron chi connectivity index (χ3n) is 7.74. The molecule has 0 unspecified atom stereocenters. The number of nitrogens with zero attached hydrogens (tertiary/aromatic N) is 1. The number of unbranched alkanes of at least 4 members (excludes halogenated alkanes) is 2. The third-order valence-corrected chi connectivity index (χ3v) is 7.74. The van der Waals surface area contributed by atoms with E-state index in [1.54, 1.807) is 41.3 Å². The van der Waals surface area contributed by atoms with Crippen molar-refractivity contribution in [3.8, 4) is 0 Å². The van der Waals surface area contributed by atoms with Crippen LogP contribution < -0.4 is 10.2 Å². The summed E-state index contributed by atoms with van der Waals surface area (Å²) in [7, 11) is 1.33. The Labute approximate surface area is 233 Å². The molecule has 40 heavy (non-hydrogen) atoms. The van der Waals surface area contributed by atoms with Crippen LogP contribution in [0, 0.1) is 5.82 Å². The van der Waals surface area contributed by atoms with Gasteiger partial charge in [0, 0.05) is 24.1 Å². The van der Waals surface area contributed by atoms with E-state index in [2.05, 4.69) is 12.2 Å². The van der Waals surface area contributed by atoms with E-state index >= 15 is 0 Å². The molecule has 5 rings (SSSR count). The number of anilines is 2. The van der Waals surface area contributed by atoms with Gasteiger partial charge in [-0.1, -0.05) is 56.2 Å². The highest BCUT2D eigenvalue weighted by atomic mass is 19.1. The molecule has 3 aromatic rings. The van der Waals surface area contributed by atoms with Gasteiger partial charge in [-0.2, -0.15) is 0 Å². The lowest BCUT2D eigenvalue weighted by Gasteiger charge is -2.35. The Morgan fingerprint density at radius 1 is 0.950 bits per heavy atom. The number of Topliss-reactive ketones (excluding diaryl/α,β-unsaturated/α-hetero) is 1. The summed E-state index contributed by atoms with van der Waals surface area (Å²) in [6, 6.07) is 20.2. The van der Waals surface area contributed by atoms with E-state index in [1.807, 2.05) is 24.3 Å². The number of nitrogens with one attached hydrogen (secondary N) is 1. The van der Waals surface area contributed by atoms with Crippen LogP contribution in [0.15, 0.2) is 84.1 Å². The van der Waals surface area contributed by atoms with Crippen molar-refractivity contribution in [1.29, 1.82) is 0 Å². The fourth-order valence-electron chi connectivity index (χ4n) is 5.72. The van der Waals surface area contributed by atoms with Gasteiger partial charge in [0.1, 0.15) is 5.82 Å². The van der Waals surface area contributed by atoms with Crippen LogP contribution in [0.1, 0.15) is 78.9 Å². The number of methoxy groups -OCH3 is 1. The van der Waals surface area contributed by atoms with Crippen LogP contribution in [0.25, 0.3) is 0 Å². The van der Waals surface area contributed by atoms with Crippen LogP contribution >= 0.6 is 0 Å². The van der Waals surface area contributed by atoms with Gasteiger partial charge in [0.05, 0.1) is 30.1 Å². The highest BCUT2D eigenvalue weighted by molar-refractivity contribution is 6.06. The van der Waals surface area contributed by atoms with Crippen molar-refractivity contribution in [2.24, 2.45) is 0 Å². The van der Waals surface area contributed by atoms with E-state index in [4.69, 9.17) is 4.74 Å². The molecule has 0 bridgehead atoms. The first kappa shape index (κ1) is 27.3. The van der Waals surface area contributed by atoms with Gasteiger partial charge in [-0.3, -0.25) is 14.5 Å². The number of rotatable bonds is 7. The van der Waals surface area contributed by atoms with Gasteiger partial charge in [-0.05, 0) is 66.3 Å². The molecule has 1 aliphatic heterocycles. The molecule has 1 N–H and O–H groups in total. The Bertz CT molecular complexity index is 1450. The van der Waals surface area contributed by atoms with Crippen molar-refractivity contribution < 1.29 is 23.5 Å². The zero-order valence-electron chi connectivity index (χ0n) is 22.8. The lowest BCUT2D eigenvalue weighted by molar-refractivity contribution is -0.119. The predicted molar refractivity (Wildman–Crippen MR) is 153 cm³/mol. The van der Waals surface area contributed by atoms with Crippen molar-refractivity contribution in [2.45, 2.75) is 57.4 Å². The molecular weight excluding hydrogens is 507 g/mol. The molecule has 0 aromatic heterocycles. The van der Waals surface area contributed by atoms with Gasteiger partial charge in [-0.25, -0.2) is 9.18 Å². The summed E-state index contributed by atoms with van der Waals surface area (Å²) >= 11 is 0. The van der Waals surface area contributed by atoms with E-state index in [1.165, 1.54) is 19.2 Å². The molecule has 0 spiro atoms. The molecule has 3 aromatic carbocycles. The number of hydrogen-bond acceptors (Lipinski definition) is 5. The van der Waals surface area contributed by atoms with Gasteiger partial charge in [0.25, 0.3) is 0 Å². The van der Waals surface area contributed by atoms with Gasteiger partial charge >= 0.3 is 5.97 Å². The van der Waals surface area contributed by atoms with Crippen LogP contribution in [-0.4, -0.2) is 24.8 Å². The van der Waals surface area contributed by atoms with Gasteiger partial charge in [0.15, 0.2) is 5.78 Å². The predicted octanol–water partition coefficient (Wildman–Crippen LogP) is 7.09. The smallest absolute Gasteiger partial charge is 0.337 e. The third kappa shape index (κ3) is 5.41. The Morgan fingerprint density at radius 2 is 1.65 bits per heavy atom. The van der Waals surface area contributed by atoms with E-state index in [0.29, 0.717) is 29.7 Å². The Balaban J connectivity index is 1.65. The number of hydrogen-bond donors (Lipinski definition) is 1. The fraction of sp³-hybridized carbons (Fsp3) is 0.303. The van der Waals surface area contributed by atoms with Crippen LogP contribution in [0.3, 0.4) is 0 Å². The topological polar surface area (TPSA) is 75.7 Å². The number of amides is 1. The second-order valence-corrected chi connectivity index (χ2v) is 10.4. The normalized spacial score (nSPS) is 18.4. The summed E-state index contributed by atoms with van der Waals surface area (Å²) in [5, 5.41) is 3.51.